The Kier molecular flexibility index (Phi) is 3.88. The number of ether oxygens (including phenoxy) is 2. The molecular weight excluding hydrogens is 258 g/mol. The van der Waals surface area contributed by atoms with Crippen LogP contribution < -0.4 is 0 Å². The van der Waals surface area contributed by atoms with Gasteiger partial charge in [-0.2, -0.15) is 0 Å². The first kappa shape index (κ1) is 14.6. The Hall–Kier alpha value is -1.78. The minimum Gasteiger partial charge on any atom is -0.466 e. The van der Waals surface area contributed by atoms with Crippen LogP contribution in [0.25, 0.3) is 0 Å². The van der Waals surface area contributed by atoms with E-state index >= 15 is 0 Å². The van der Waals surface area contributed by atoms with E-state index in [1.165, 1.54) is 7.11 Å². The molecule has 0 saturated carbocycles. The maximum atomic E-state index is 12.3. The second kappa shape index (κ2) is 5.31. The van der Waals surface area contributed by atoms with Gasteiger partial charge in [0.1, 0.15) is 5.60 Å². The summed E-state index contributed by atoms with van der Waals surface area (Å²) in [7, 11) is 1.36. The number of rotatable bonds is 1. The van der Waals surface area contributed by atoms with Crippen molar-refractivity contribution in [3.8, 4) is 0 Å². The second-order valence-electron chi connectivity index (χ2n) is 6.00. The molecule has 0 aromatic carbocycles. The molecule has 0 bridgehead atoms. The van der Waals surface area contributed by atoms with Gasteiger partial charge in [-0.3, -0.25) is 4.90 Å². The van der Waals surface area contributed by atoms with Crippen LogP contribution in [0, 0.1) is 0 Å². The van der Waals surface area contributed by atoms with Crippen molar-refractivity contribution in [1.82, 2.24) is 4.90 Å². The lowest BCUT2D eigenvalue weighted by Crippen LogP contribution is -2.44. The predicted octanol–water partition coefficient (Wildman–Crippen LogP) is 2.43. The number of carbonyl (C=O) groups excluding carboxylic acids is 2. The van der Waals surface area contributed by atoms with Crippen molar-refractivity contribution in [3.63, 3.8) is 0 Å². The van der Waals surface area contributed by atoms with E-state index in [1.807, 2.05) is 32.9 Å². The number of allylic oxidation sites excluding steroid dienone is 1. The lowest BCUT2D eigenvalue weighted by Gasteiger charge is -2.32. The normalized spacial score (nSPS) is 21.8. The number of carbonyl (C=O) groups is 2. The van der Waals surface area contributed by atoms with Gasteiger partial charge in [0.15, 0.2) is 0 Å². The van der Waals surface area contributed by atoms with Crippen molar-refractivity contribution in [2.45, 2.75) is 45.3 Å². The van der Waals surface area contributed by atoms with E-state index < -0.39 is 11.7 Å². The van der Waals surface area contributed by atoms with Gasteiger partial charge in [0.05, 0.1) is 18.7 Å². The summed E-state index contributed by atoms with van der Waals surface area (Å²) in [6.07, 6.45) is 5.13. The van der Waals surface area contributed by atoms with E-state index in [9.17, 15) is 9.59 Å². The molecule has 0 radical (unpaired) electrons. The molecule has 2 aliphatic rings. The quantitative estimate of drug-likeness (QED) is 0.546. The van der Waals surface area contributed by atoms with E-state index in [4.69, 9.17) is 9.47 Å². The number of nitrogens with zero attached hydrogens (tertiary/aromatic N) is 1. The van der Waals surface area contributed by atoms with Crippen molar-refractivity contribution >= 4 is 12.1 Å². The van der Waals surface area contributed by atoms with Crippen LogP contribution in [0.4, 0.5) is 4.79 Å². The standard InChI is InChI=1S/C15H21NO4/c1-15(2,3)20-14(18)16-9-8-10-6-5-7-11(12(10)16)13(17)19-4/h7-8,12H,5-6,9H2,1-4H3. The molecule has 1 unspecified atom stereocenters. The molecule has 5 heteroatoms. The van der Waals surface area contributed by atoms with Crippen LogP contribution in [0.5, 0.6) is 0 Å². The van der Waals surface area contributed by atoms with Gasteiger partial charge < -0.3 is 9.47 Å². The maximum Gasteiger partial charge on any atom is 0.411 e. The molecule has 110 valence electrons. The molecule has 0 fully saturated rings. The van der Waals surface area contributed by atoms with Crippen LogP contribution in [0.3, 0.4) is 0 Å². The average Bonchev–Trinajstić information content (AvgIpc) is 2.79. The summed E-state index contributed by atoms with van der Waals surface area (Å²) in [5.74, 6) is -0.379. The first-order valence-electron chi connectivity index (χ1n) is 6.80. The van der Waals surface area contributed by atoms with Crippen LogP contribution >= 0.6 is 0 Å². The fourth-order valence-electron chi connectivity index (χ4n) is 2.56. The molecule has 0 N–H and O–H groups in total. The van der Waals surface area contributed by atoms with Crippen LogP contribution in [-0.4, -0.2) is 42.3 Å². The Morgan fingerprint density at radius 2 is 2.00 bits per heavy atom. The number of hydrogen-bond donors (Lipinski definition) is 0. The number of methoxy groups -OCH3 is 1. The third-order valence-corrected chi connectivity index (χ3v) is 3.35. The van der Waals surface area contributed by atoms with Crippen LogP contribution in [0.15, 0.2) is 23.3 Å². The van der Waals surface area contributed by atoms with Crippen molar-refractivity contribution in [1.29, 1.82) is 0 Å². The first-order chi connectivity index (χ1) is 9.33. The molecule has 1 amide bonds. The third kappa shape index (κ3) is 2.86. The summed E-state index contributed by atoms with van der Waals surface area (Å²) in [6.45, 7) is 5.96. The lowest BCUT2D eigenvalue weighted by molar-refractivity contribution is -0.136. The minimum absolute atomic E-state index is 0.328. The molecule has 5 nitrogen and oxygen atoms in total. The number of amides is 1. The lowest BCUT2D eigenvalue weighted by atomic mass is 9.90. The number of fused-ring (bicyclic) bond motifs is 1. The van der Waals surface area contributed by atoms with E-state index in [0.29, 0.717) is 12.1 Å². The van der Waals surface area contributed by atoms with E-state index in [-0.39, 0.29) is 12.0 Å². The van der Waals surface area contributed by atoms with Gasteiger partial charge in [0.2, 0.25) is 0 Å². The zero-order valence-corrected chi connectivity index (χ0v) is 12.4. The van der Waals surface area contributed by atoms with Crippen molar-refractivity contribution in [2.75, 3.05) is 13.7 Å². The molecule has 1 heterocycles. The highest BCUT2D eigenvalue weighted by atomic mass is 16.6. The van der Waals surface area contributed by atoms with Crippen LogP contribution in [-0.2, 0) is 14.3 Å². The second-order valence-corrected chi connectivity index (χ2v) is 6.00. The van der Waals surface area contributed by atoms with Gasteiger partial charge in [0, 0.05) is 6.54 Å². The molecule has 2 rings (SSSR count). The fourth-order valence-corrected chi connectivity index (χ4v) is 2.56. The molecule has 0 spiro atoms. The molecule has 1 aliphatic carbocycles. The maximum absolute atomic E-state index is 12.3. The third-order valence-electron chi connectivity index (χ3n) is 3.35. The summed E-state index contributed by atoms with van der Waals surface area (Å²) in [5.41, 5.74) is 1.08. The summed E-state index contributed by atoms with van der Waals surface area (Å²) in [5, 5.41) is 0. The van der Waals surface area contributed by atoms with Gasteiger partial charge in [-0.25, -0.2) is 9.59 Å². The number of esters is 1. The Labute approximate surface area is 119 Å². The van der Waals surface area contributed by atoms with Gasteiger partial charge in [-0.1, -0.05) is 12.2 Å². The largest absolute Gasteiger partial charge is 0.466 e. The highest BCUT2D eigenvalue weighted by Gasteiger charge is 2.39. The monoisotopic (exact) mass is 279 g/mol. The topological polar surface area (TPSA) is 55.8 Å². The molecule has 20 heavy (non-hydrogen) atoms. The highest BCUT2D eigenvalue weighted by Crippen LogP contribution is 2.34. The smallest absolute Gasteiger partial charge is 0.411 e. The Morgan fingerprint density at radius 1 is 1.30 bits per heavy atom. The fraction of sp³-hybridized carbons (Fsp3) is 0.600. The average molecular weight is 279 g/mol. The molecule has 0 aromatic heterocycles. The zero-order valence-electron chi connectivity index (χ0n) is 12.4. The predicted molar refractivity (Wildman–Crippen MR) is 74.1 cm³/mol. The summed E-state index contributed by atoms with van der Waals surface area (Å²) in [4.78, 5) is 25.7. The summed E-state index contributed by atoms with van der Waals surface area (Å²) in [6, 6.07) is -0.328. The molecule has 0 aromatic rings. The molecular formula is C15H21NO4. The first-order valence-corrected chi connectivity index (χ1v) is 6.80. The van der Waals surface area contributed by atoms with Crippen molar-refractivity contribution < 1.29 is 19.1 Å². The highest BCUT2D eigenvalue weighted by molar-refractivity contribution is 5.92. The SMILES string of the molecule is COC(=O)C1=CCCC2=CCN(C(=O)OC(C)(C)C)C21. The Bertz CT molecular complexity index is 485. The molecule has 1 atom stereocenters. The van der Waals surface area contributed by atoms with Gasteiger partial charge >= 0.3 is 12.1 Å². The van der Waals surface area contributed by atoms with Gasteiger partial charge in [-0.05, 0) is 39.2 Å². The van der Waals surface area contributed by atoms with Crippen LogP contribution in [0.1, 0.15) is 33.6 Å². The number of hydrogen-bond acceptors (Lipinski definition) is 4. The summed E-state index contributed by atoms with van der Waals surface area (Å²) < 4.78 is 10.2. The Morgan fingerprint density at radius 3 is 2.60 bits per heavy atom. The van der Waals surface area contributed by atoms with Crippen LogP contribution in [0.2, 0.25) is 0 Å². The van der Waals surface area contributed by atoms with E-state index in [0.717, 1.165) is 18.4 Å². The van der Waals surface area contributed by atoms with E-state index in [2.05, 4.69) is 0 Å². The molecule has 1 aliphatic heterocycles. The van der Waals surface area contributed by atoms with Crippen molar-refractivity contribution in [3.05, 3.63) is 23.3 Å². The summed E-state index contributed by atoms with van der Waals surface area (Å²) >= 11 is 0. The van der Waals surface area contributed by atoms with Crippen molar-refractivity contribution in [2.24, 2.45) is 0 Å². The van der Waals surface area contributed by atoms with Gasteiger partial charge in [-0.15, -0.1) is 0 Å². The Balaban J connectivity index is 2.21. The van der Waals surface area contributed by atoms with Gasteiger partial charge in [0.25, 0.3) is 0 Å². The molecule has 0 saturated heterocycles. The zero-order chi connectivity index (χ0) is 14.9. The minimum atomic E-state index is -0.552. The van der Waals surface area contributed by atoms with E-state index in [1.54, 1.807) is 4.90 Å².